The van der Waals surface area contributed by atoms with Crippen molar-refractivity contribution in [2.45, 2.75) is 12.3 Å². The van der Waals surface area contributed by atoms with Crippen molar-refractivity contribution >= 4 is 0 Å². The lowest BCUT2D eigenvalue weighted by Crippen LogP contribution is -2.24. The molecule has 1 aliphatic rings. The first-order valence-corrected chi connectivity index (χ1v) is 7.85. The van der Waals surface area contributed by atoms with Gasteiger partial charge in [-0.25, -0.2) is 0 Å². The van der Waals surface area contributed by atoms with E-state index in [-0.39, 0.29) is 0 Å². The summed E-state index contributed by atoms with van der Waals surface area (Å²) in [6, 6.07) is 4.15. The third kappa shape index (κ3) is 3.54. The Morgan fingerprint density at radius 3 is 2.91 bits per heavy atom. The summed E-state index contributed by atoms with van der Waals surface area (Å²) in [7, 11) is 3.77. The molecule has 2 aromatic rings. The summed E-state index contributed by atoms with van der Waals surface area (Å²) in [5, 5.41) is 4.32. The molecule has 0 bridgehead atoms. The Morgan fingerprint density at radius 1 is 1.32 bits per heavy atom. The van der Waals surface area contributed by atoms with Crippen molar-refractivity contribution in [2.75, 3.05) is 33.4 Å². The van der Waals surface area contributed by atoms with Gasteiger partial charge in [0.1, 0.15) is 0 Å². The highest BCUT2D eigenvalue weighted by Crippen LogP contribution is 2.32. The first-order valence-electron chi connectivity index (χ1n) is 7.85. The van der Waals surface area contributed by atoms with Crippen LogP contribution in [0.2, 0.25) is 0 Å². The van der Waals surface area contributed by atoms with Crippen LogP contribution in [0.25, 0.3) is 0 Å². The zero-order valence-electron chi connectivity index (χ0n) is 13.4. The SMILES string of the molecule is COC[C@@H]1CN(CCc2cccnc2)C[C@H]1c1cnn(C)c1. The van der Waals surface area contributed by atoms with E-state index in [0.717, 1.165) is 32.7 Å². The number of rotatable bonds is 6. The van der Waals surface area contributed by atoms with E-state index in [1.54, 1.807) is 7.11 Å². The fourth-order valence-electron chi connectivity index (χ4n) is 3.37. The molecular weight excluding hydrogens is 276 g/mol. The molecule has 118 valence electrons. The molecule has 0 unspecified atom stereocenters. The minimum absolute atomic E-state index is 0.516. The number of ether oxygens (including phenoxy) is 1. The third-order valence-corrected chi connectivity index (χ3v) is 4.49. The first kappa shape index (κ1) is 15.2. The molecule has 1 fully saturated rings. The summed E-state index contributed by atoms with van der Waals surface area (Å²) in [6.07, 6.45) is 8.97. The van der Waals surface area contributed by atoms with Crippen molar-refractivity contribution < 1.29 is 4.74 Å². The van der Waals surface area contributed by atoms with Crippen LogP contribution in [0.4, 0.5) is 0 Å². The molecule has 2 aromatic heterocycles. The normalized spacial score (nSPS) is 22.3. The maximum absolute atomic E-state index is 5.43. The molecule has 2 atom stereocenters. The van der Waals surface area contributed by atoms with Crippen LogP contribution in [0.1, 0.15) is 17.0 Å². The monoisotopic (exact) mass is 300 g/mol. The van der Waals surface area contributed by atoms with E-state index in [4.69, 9.17) is 4.74 Å². The molecule has 22 heavy (non-hydrogen) atoms. The van der Waals surface area contributed by atoms with Gasteiger partial charge < -0.3 is 9.64 Å². The van der Waals surface area contributed by atoms with Gasteiger partial charge in [-0.05, 0) is 23.6 Å². The molecule has 3 heterocycles. The van der Waals surface area contributed by atoms with Crippen LogP contribution >= 0.6 is 0 Å². The molecule has 0 radical (unpaired) electrons. The minimum Gasteiger partial charge on any atom is -0.384 e. The molecule has 0 spiro atoms. The molecule has 1 aliphatic heterocycles. The lowest BCUT2D eigenvalue weighted by Gasteiger charge is -2.15. The van der Waals surface area contributed by atoms with Crippen molar-refractivity contribution in [3.63, 3.8) is 0 Å². The van der Waals surface area contributed by atoms with Gasteiger partial charge in [-0.15, -0.1) is 0 Å². The van der Waals surface area contributed by atoms with Crippen molar-refractivity contribution in [1.29, 1.82) is 0 Å². The second-order valence-corrected chi connectivity index (χ2v) is 6.14. The number of aryl methyl sites for hydroxylation is 1. The maximum Gasteiger partial charge on any atom is 0.0525 e. The van der Waals surface area contributed by atoms with E-state index in [1.807, 2.05) is 36.4 Å². The van der Waals surface area contributed by atoms with Gasteiger partial charge in [-0.2, -0.15) is 5.10 Å². The molecule has 3 rings (SSSR count). The number of aromatic nitrogens is 3. The van der Waals surface area contributed by atoms with Crippen LogP contribution in [0.15, 0.2) is 36.9 Å². The minimum atomic E-state index is 0.516. The van der Waals surface area contributed by atoms with Crippen LogP contribution in [0.3, 0.4) is 0 Å². The summed E-state index contributed by atoms with van der Waals surface area (Å²) in [6.45, 7) is 4.05. The zero-order chi connectivity index (χ0) is 15.4. The van der Waals surface area contributed by atoms with Crippen molar-refractivity contribution in [3.05, 3.63) is 48.0 Å². The van der Waals surface area contributed by atoms with Crippen LogP contribution in [-0.4, -0.2) is 53.0 Å². The highest BCUT2D eigenvalue weighted by Gasteiger charge is 2.34. The van der Waals surface area contributed by atoms with Crippen molar-refractivity contribution in [1.82, 2.24) is 19.7 Å². The number of hydrogen-bond donors (Lipinski definition) is 0. The number of pyridine rings is 1. The van der Waals surface area contributed by atoms with Crippen LogP contribution < -0.4 is 0 Å². The van der Waals surface area contributed by atoms with Crippen LogP contribution in [0, 0.1) is 5.92 Å². The second kappa shape index (κ2) is 7.03. The fraction of sp³-hybridized carbons (Fsp3) is 0.529. The van der Waals surface area contributed by atoms with Gasteiger partial charge in [0, 0.05) is 64.2 Å². The van der Waals surface area contributed by atoms with Crippen LogP contribution in [-0.2, 0) is 18.2 Å². The van der Waals surface area contributed by atoms with Gasteiger partial charge in [0.2, 0.25) is 0 Å². The molecular formula is C17H24N4O. The number of methoxy groups -OCH3 is 1. The average Bonchev–Trinajstić information content (AvgIpc) is 3.13. The Labute approximate surface area is 131 Å². The quantitative estimate of drug-likeness (QED) is 0.815. The highest BCUT2D eigenvalue weighted by atomic mass is 16.5. The summed E-state index contributed by atoms with van der Waals surface area (Å²) < 4.78 is 7.32. The van der Waals surface area contributed by atoms with Gasteiger partial charge in [0.05, 0.1) is 12.8 Å². The van der Waals surface area contributed by atoms with E-state index in [0.29, 0.717) is 11.8 Å². The molecule has 0 aromatic carbocycles. The topological polar surface area (TPSA) is 43.2 Å². The smallest absolute Gasteiger partial charge is 0.0525 e. The third-order valence-electron chi connectivity index (χ3n) is 4.49. The van der Waals surface area contributed by atoms with E-state index >= 15 is 0 Å². The summed E-state index contributed by atoms with van der Waals surface area (Å²) >= 11 is 0. The fourth-order valence-corrected chi connectivity index (χ4v) is 3.37. The number of likely N-dealkylation sites (tertiary alicyclic amines) is 1. The predicted molar refractivity (Wildman–Crippen MR) is 85.7 cm³/mol. The molecule has 0 saturated carbocycles. The van der Waals surface area contributed by atoms with Gasteiger partial charge in [-0.1, -0.05) is 6.07 Å². The van der Waals surface area contributed by atoms with Gasteiger partial charge in [-0.3, -0.25) is 9.67 Å². The maximum atomic E-state index is 5.43. The second-order valence-electron chi connectivity index (χ2n) is 6.14. The number of hydrogen-bond acceptors (Lipinski definition) is 4. The lowest BCUT2D eigenvalue weighted by atomic mass is 9.92. The van der Waals surface area contributed by atoms with Gasteiger partial charge >= 0.3 is 0 Å². The predicted octanol–water partition coefficient (Wildman–Crippen LogP) is 1.72. The Hall–Kier alpha value is -1.72. The summed E-state index contributed by atoms with van der Waals surface area (Å²) in [5.41, 5.74) is 2.63. The zero-order valence-corrected chi connectivity index (χ0v) is 13.4. The molecule has 0 amide bonds. The molecule has 0 aliphatic carbocycles. The summed E-state index contributed by atoms with van der Waals surface area (Å²) in [4.78, 5) is 6.73. The van der Waals surface area contributed by atoms with E-state index < -0.39 is 0 Å². The van der Waals surface area contributed by atoms with Crippen LogP contribution in [0.5, 0.6) is 0 Å². The molecule has 0 N–H and O–H groups in total. The largest absolute Gasteiger partial charge is 0.384 e. The van der Waals surface area contributed by atoms with E-state index in [1.165, 1.54) is 11.1 Å². The Bertz CT molecular complexity index is 583. The standard InChI is InChI=1S/C17H24N4O/c1-20-10-15(9-19-20)17-12-21(11-16(17)13-22-2)7-5-14-4-3-6-18-8-14/h3-4,6,8-10,16-17H,5,7,11-13H2,1-2H3/t16-,17-/m0/s1. The molecule has 1 saturated heterocycles. The van der Waals surface area contributed by atoms with E-state index in [9.17, 15) is 0 Å². The lowest BCUT2D eigenvalue weighted by molar-refractivity contribution is 0.148. The van der Waals surface area contributed by atoms with Gasteiger partial charge in [0.25, 0.3) is 0 Å². The highest BCUT2D eigenvalue weighted by molar-refractivity contribution is 5.16. The van der Waals surface area contributed by atoms with Gasteiger partial charge in [0.15, 0.2) is 0 Å². The van der Waals surface area contributed by atoms with Crippen molar-refractivity contribution in [2.24, 2.45) is 13.0 Å². The van der Waals surface area contributed by atoms with E-state index in [2.05, 4.69) is 27.2 Å². The number of nitrogens with zero attached hydrogens (tertiary/aromatic N) is 4. The Balaban J connectivity index is 1.62. The molecule has 5 heteroatoms. The van der Waals surface area contributed by atoms with Crippen molar-refractivity contribution in [3.8, 4) is 0 Å². The summed E-state index contributed by atoms with van der Waals surface area (Å²) in [5.74, 6) is 1.06. The Kier molecular flexibility index (Phi) is 4.85. The average molecular weight is 300 g/mol. The molecule has 5 nitrogen and oxygen atoms in total. The Morgan fingerprint density at radius 2 is 2.23 bits per heavy atom. The first-order chi connectivity index (χ1) is 10.8.